The molecule has 0 amide bonds. The van der Waals surface area contributed by atoms with Crippen LogP contribution >= 0.6 is 0 Å². The lowest BCUT2D eigenvalue weighted by molar-refractivity contribution is 0.823. The van der Waals surface area contributed by atoms with Crippen LogP contribution in [0, 0.1) is 11.3 Å². The van der Waals surface area contributed by atoms with E-state index >= 15 is 0 Å². The molecular formula is C11H9N3O. The molecule has 74 valence electrons. The Balaban J connectivity index is 2.70. The number of imidazole rings is 1. The van der Waals surface area contributed by atoms with Gasteiger partial charge in [-0.3, -0.25) is 4.57 Å². The van der Waals surface area contributed by atoms with Crippen molar-refractivity contribution in [2.45, 2.75) is 0 Å². The summed E-state index contributed by atoms with van der Waals surface area (Å²) in [6.45, 7) is 0. The number of nitrogens with zero attached hydrogens (tertiary/aromatic N) is 3. The van der Waals surface area contributed by atoms with Gasteiger partial charge < -0.3 is 4.57 Å². The van der Waals surface area contributed by atoms with E-state index in [1.54, 1.807) is 43.7 Å². The lowest BCUT2D eigenvalue weighted by Crippen LogP contribution is -2.20. The normalized spacial score (nSPS) is 9.87. The topological polar surface area (TPSA) is 50.7 Å². The minimum atomic E-state index is -0.155. The van der Waals surface area contributed by atoms with Gasteiger partial charge in [-0.25, -0.2) is 4.79 Å². The first-order valence-corrected chi connectivity index (χ1v) is 4.47. The van der Waals surface area contributed by atoms with Crippen LogP contribution in [0.5, 0.6) is 0 Å². The summed E-state index contributed by atoms with van der Waals surface area (Å²) in [6.07, 6.45) is 3.31. The Morgan fingerprint density at radius 2 is 2.00 bits per heavy atom. The molecule has 0 fully saturated rings. The Morgan fingerprint density at radius 3 is 2.60 bits per heavy atom. The molecule has 0 saturated heterocycles. The molecule has 1 aromatic heterocycles. The SMILES string of the molecule is Cn1ccn(-c2ccccc2C#N)c1=O. The third-order valence-electron chi connectivity index (χ3n) is 2.23. The summed E-state index contributed by atoms with van der Waals surface area (Å²) < 4.78 is 2.92. The molecule has 15 heavy (non-hydrogen) atoms. The highest BCUT2D eigenvalue weighted by atomic mass is 16.1. The van der Waals surface area contributed by atoms with Gasteiger partial charge in [0.15, 0.2) is 0 Å². The van der Waals surface area contributed by atoms with Gasteiger partial charge in [0.25, 0.3) is 0 Å². The molecule has 0 aliphatic heterocycles. The molecule has 0 spiro atoms. The largest absolute Gasteiger partial charge is 0.332 e. The molecule has 0 saturated carbocycles. The summed E-state index contributed by atoms with van der Waals surface area (Å²) in [5, 5.41) is 8.91. The van der Waals surface area contributed by atoms with Crippen molar-refractivity contribution in [3.63, 3.8) is 0 Å². The molecule has 2 aromatic rings. The van der Waals surface area contributed by atoms with Crippen molar-refractivity contribution in [1.29, 1.82) is 5.26 Å². The van der Waals surface area contributed by atoms with Gasteiger partial charge in [0.05, 0.1) is 11.3 Å². The van der Waals surface area contributed by atoms with E-state index in [0.29, 0.717) is 11.3 Å². The van der Waals surface area contributed by atoms with E-state index in [9.17, 15) is 4.79 Å². The van der Waals surface area contributed by atoms with Gasteiger partial charge >= 0.3 is 5.69 Å². The molecule has 0 atom stereocenters. The van der Waals surface area contributed by atoms with Gasteiger partial charge in [0, 0.05) is 19.4 Å². The van der Waals surface area contributed by atoms with Crippen molar-refractivity contribution in [2.24, 2.45) is 7.05 Å². The standard InChI is InChI=1S/C11H9N3O/c1-13-6-7-14(11(13)15)10-5-3-2-4-9(10)8-12/h2-7H,1H3. The van der Waals surface area contributed by atoms with Crippen LogP contribution in [-0.2, 0) is 7.05 Å². The highest BCUT2D eigenvalue weighted by molar-refractivity contribution is 5.48. The van der Waals surface area contributed by atoms with Gasteiger partial charge in [-0.1, -0.05) is 12.1 Å². The molecule has 1 heterocycles. The van der Waals surface area contributed by atoms with Gasteiger partial charge in [0.1, 0.15) is 6.07 Å². The first-order valence-electron chi connectivity index (χ1n) is 4.47. The highest BCUT2D eigenvalue weighted by Gasteiger charge is 2.06. The molecule has 2 rings (SSSR count). The summed E-state index contributed by atoms with van der Waals surface area (Å²) in [7, 11) is 1.67. The quantitative estimate of drug-likeness (QED) is 0.689. The number of hydrogen-bond donors (Lipinski definition) is 0. The van der Waals surface area contributed by atoms with Crippen molar-refractivity contribution in [2.75, 3.05) is 0 Å². The van der Waals surface area contributed by atoms with Crippen molar-refractivity contribution < 1.29 is 0 Å². The number of aromatic nitrogens is 2. The smallest absolute Gasteiger partial charge is 0.302 e. The zero-order valence-electron chi connectivity index (χ0n) is 8.21. The van der Waals surface area contributed by atoms with Crippen LogP contribution in [0.3, 0.4) is 0 Å². The Bertz CT molecular complexity index is 586. The molecular weight excluding hydrogens is 190 g/mol. The van der Waals surface area contributed by atoms with E-state index in [1.807, 2.05) is 0 Å². The van der Waals surface area contributed by atoms with Gasteiger partial charge in [-0.05, 0) is 12.1 Å². The molecule has 0 unspecified atom stereocenters. The Morgan fingerprint density at radius 1 is 1.27 bits per heavy atom. The van der Waals surface area contributed by atoms with Gasteiger partial charge in [-0.15, -0.1) is 0 Å². The van der Waals surface area contributed by atoms with Crippen LogP contribution in [0.4, 0.5) is 0 Å². The number of benzene rings is 1. The Kier molecular flexibility index (Phi) is 2.14. The Labute approximate surface area is 86.6 Å². The lowest BCUT2D eigenvalue weighted by Gasteiger charge is -2.02. The van der Waals surface area contributed by atoms with E-state index < -0.39 is 0 Å². The first-order chi connectivity index (χ1) is 7.24. The minimum absolute atomic E-state index is 0.155. The van der Waals surface area contributed by atoms with Crippen LogP contribution in [0.2, 0.25) is 0 Å². The molecule has 1 aromatic carbocycles. The van der Waals surface area contributed by atoms with Crippen LogP contribution in [0.15, 0.2) is 41.5 Å². The second-order valence-corrected chi connectivity index (χ2v) is 3.19. The number of hydrogen-bond acceptors (Lipinski definition) is 2. The summed E-state index contributed by atoms with van der Waals surface area (Å²) in [6, 6.07) is 9.08. The lowest BCUT2D eigenvalue weighted by atomic mass is 10.2. The van der Waals surface area contributed by atoms with Crippen LogP contribution in [0.25, 0.3) is 5.69 Å². The summed E-state index contributed by atoms with van der Waals surface area (Å²) in [5.74, 6) is 0. The van der Waals surface area contributed by atoms with Gasteiger partial charge in [-0.2, -0.15) is 5.26 Å². The maximum Gasteiger partial charge on any atom is 0.332 e. The first kappa shape index (κ1) is 9.28. The summed E-state index contributed by atoms with van der Waals surface area (Å²) in [4.78, 5) is 11.7. The predicted octanol–water partition coefficient (Wildman–Crippen LogP) is 1.05. The monoisotopic (exact) mass is 199 g/mol. The fourth-order valence-electron chi connectivity index (χ4n) is 1.43. The van der Waals surface area contributed by atoms with Crippen LogP contribution in [-0.4, -0.2) is 9.13 Å². The molecule has 0 aliphatic carbocycles. The van der Waals surface area contributed by atoms with Crippen molar-refractivity contribution in [1.82, 2.24) is 9.13 Å². The third kappa shape index (κ3) is 1.44. The fourth-order valence-corrected chi connectivity index (χ4v) is 1.43. The third-order valence-corrected chi connectivity index (χ3v) is 2.23. The minimum Gasteiger partial charge on any atom is -0.302 e. The predicted molar refractivity (Wildman–Crippen MR) is 55.7 cm³/mol. The average Bonchev–Trinajstić information content (AvgIpc) is 2.60. The molecule has 0 radical (unpaired) electrons. The van der Waals surface area contributed by atoms with Gasteiger partial charge in [0.2, 0.25) is 0 Å². The van der Waals surface area contributed by atoms with Crippen LogP contribution in [0.1, 0.15) is 5.56 Å². The maximum absolute atomic E-state index is 11.7. The zero-order valence-corrected chi connectivity index (χ0v) is 8.21. The Hall–Kier alpha value is -2.28. The number of rotatable bonds is 1. The summed E-state index contributed by atoms with van der Waals surface area (Å²) >= 11 is 0. The zero-order chi connectivity index (χ0) is 10.8. The van der Waals surface area contributed by atoms with E-state index in [4.69, 9.17) is 5.26 Å². The van der Waals surface area contributed by atoms with E-state index in [1.165, 1.54) is 9.13 Å². The van der Waals surface area contributed by atoms with E-state index in [2.05, 4.69) is 6.07 Å². The molecule has 0 aliphatic rings. The molecule has 0 N–H and O–H groups in total. The fraction of sp³-hybridized carbons (Fsp3) is 0.0909. The molecule has 4 heteroatoms. The average molecular weight is 199 g/mol. The molecule has 0 bridgehead atoms. The van der Waals surface area contributed by atoms with E-state index in [-0.39, 0.29) is 5.69 Å². The second kappa shape index (κ2) is 3.46. The van der Waals surface area contributed by atoms with Crippen molar-refractivity contribution in [3.8, 4) is 11.8 Å². The number of nitriles is 1. The van der Waals surface area contributed by atoms with Crippen LogP contribution < -0.4 is 5.69 Å². The molecule has 4 nitrogen and oxygen atoms in total. The number of para-hydroxylation sites is 1. The van der Waals surface area contributed by atoms with Crippen molar-refractivity contribution in [3.05, 3.63) is 52.7 Å². The van der Waals surface area contributed by atoms with Crippen molar-refractivity contribution >= 4 is 0 Å². The number of aryl methyl sites for hydroxylation is 1. The summed E-state index contributed by atoms with van der Waals surface area (Å²) in [5.41, 5.74) is 0.953. The maximum atomic E-state index is 11.7. The highest BCUT2D eigenvalue weighted by Crippen LogP contribution is 2.10. The second-order valence-electron chi connectivity index (χ2n) is 3.19. The van der Waals surface area contributed by atoms with E-state index in [0.717, 1.165) is 0 Å².